The molecule has 0 bridgehead atoms. The van der Waals surface area contributed by atoms with Crippen molar-refractivity contribution in [2.45, 2.75) is 37.5 Å². The third-order valence-corrected chi connectivity index (χ3v) is 3.55. The predicted molar refractivity (Wildman–Crippen MR) is 65.0 cm³/mol. The van der Waals surface area contributed by atoms with Crippen LogP contribution in [0.5, 0.6) is 0 Å². The minimum absolute atomic E-state index is 0.188. The summed E-state index contributed by atoms with van der Waals surface area (Å²) in [5.41, 5.74) is 0. The predicted octanol–water partition coefficient (Wildman–Crippen LogP) is 1.84. The van der Waals surface area contributed by atoms with E-state index >= 15 is 0 Å². The van der Waals surface area contributed by atoms with Crippen molar-refractivity contribution >= 4 is 5.91 Å². The van der Waals surface area contributed by atoms with Gasteiger partial charge in [0.1, 0.15) is 0 Å². The van der Waals surface area contributed by atoms with Gasteiger partial charge >= 0.3 is 0 Å². The Morgan fingerprint density at radius 1 is 1.44 bits per heavy atom. The van der Waals surface area contributed by atoms with Crippen molar-refractivity contribution in [2.75, 3.05) is 13.1 Å². The van der Waals surface area contributed by atoms with Gasteiger partial charge in [-0.15, -0.1) is 6.58 Å². The second kappa shape index (κ2) is 4.55. The number of aromatic nitrogens is 2. The van der Waals surface area contributed by atoms with Crippen molar-refractivity contribution in [1.82, 2.24) is 15.0 Å². The fourth-order valence-electron chi connectivity index (χ4n) is 2.14. The fraction of sp³-hybridized carbons (Fsp3) is 0.615. The third kappa shape index (κ3) is 2.17. The molecule has 0 spiro atoms. The number of carbonyl (C=O) groups is 1. The zero-order valence-electron chi connectivity index (χ0n) is 10.3. The summed E-state index contributed by atoms with van der Waals surface area (Å²) in [5.74, 6) is 2.49. The van der Waals surface area contributed by atoms with Gasteiger partial charge in [-0.3, -0.25) is 4.79 Å². The van der Waals surface area contributed by atoms with E-state index in [0.717, 1.165) is 12.2 Å². The van der Waals surface area contributed by atoms with Crippen molar-refractivity contribution in [3.63, 3.8) is 0 Å². The van der Waals surface area contributed by atoms with Crippen LogP contribution in [0, 0.1) is 0 Å². The van der Waals surface area contributed by atoms with Crippen molar-refractivity contribution in [1.29, 1.82) is 0 Å². The summed E-state index contributed by atoms with van der Waals surface area (Å²) in [4.78, 5) is 18.0. The smallest absolute Gasteiger partial charge is 0.233 e. The minimum Gasteiger partial charge on any atom is -0.341 e. The van der Waals surface area contributed by atoms with Crippen LogP contribution < -0.4 is 0 Å². The molecule has 1 amide bonds. The summed E-state index contributed by atoms with van der Waals surface area (Å²) in [6.07, 6.45) is 5.42. The number of rotatable bonds is 5. The number of carbonyl (C=O) groups excluding carboxylic acids is 1. The Labute approximate surface area is 106 Å². The Morgan fingerprint density at radius 2 is 2.22 bits per heavy atom. The van der Waals surface area contributed by atoms with Crippen LogP contribution in [-0.2, 0) is 4.79 Å². The molecule has 96 valence electrons. The molecular weight excluding hydrogens is 230 g/mol. The standard InChI is InChI=1S/C13H17N3O2/c1-2-3-4-11(17)16-7-10(8-16)13-14-12(15-18-13)9-5-6-9/h2,9-10H,1,3-8H2. The Kier molecular flexibility index (Phi) is 2.89. The molecule has 2 aliphatic rings. The van der Waals surface area contributed by atoms with Crippen LogP contribution in [0.1, 0.15) is 49.2 Å². The number of nitrogens with zero attached hydrogens (tertiary/aromatic N) is 3. The van der Waals surface area contributed by atoms with E-state index in [1.54, 1.807) is 6.08 Å². The quantitative estimate of drug-likeness (QED) is 0.745. The molecule has 1 aromatic heterocycles. The third-order valence-electron chi connectivity index (χ3n) is 3.55. The second-order valence-electron chi connectivity index (χ2n) is 5.09. The molecule has 2 heterocycles. The minimum atomic E-state index is 0.188. The Morgan fingerprint density at radius 3 is 2.89 bits per heavy atom. The van der Waals surface area contributed by atoms with Crippen LogP contribution in [0.15, 0.2) is 17.2 Å². The van der Waals surface area contributed by atoms with E-state index in [1.807, 2.05) is 4.90 Å². The lowest BCUT2D eigenvalue weighted by atomic mass is 9.99. The zero-order chi connectivity index (χ0) is 12.5. The number of hydrogen-bond donors (Lipinski definition) is 0. The van der Waals surface area contributed by atoms with E-state index in [0.29, 0.717) is 31.3 Å². The molecule has 0 N–H and O–H groups in total. The topological polar surface area (TPSA) is 59.2 Å². The zero-order valence-corrected chi connectivity index (χ0v) is 10.3. The maximum Gasteiger partial charge on any atom is 0.233 e. The van der Waals surface area contributed by atoms with E-state index in [2.05, 4.69) is 16.7 Å². The van der Waals surface area contributed by atoms with Gasteiger partial charge in [-0.05, 0) is 19.3 Å². The Balaban J connectivity index is 1.51. The van der Waals surface area contributed by atoms with Crippen LogP contribution >= 0.6 is 0 Å². The molecule has 1 aliphatic heterocycles. The van der Waals surface area contributed by atoms with Gasteiger partial charge in [-0.2, -0.15) is 4.98 Å². The van der Waals surface area contributed by atoms with E-state index < -0.39 is 0 Å². The molecule has 0 atom stereocenters. The molecular formula is C13H17N3O2. The number of amides is 1. The van der Waals surface area contributed by atoms with Gasteiger partial charge < -0.3 is 9.42 Å². The van der Waals surface area contributed by atoms with Crippen LogP contribution in [0.4, 0.5) is 0 Å². The highest BCUT2D eigenvalue weighted by Gasteiger charge is 2.36. The summed E-state index contributed by atoms with van der Waals surface area (Å²) in [6.45, 7) is 5.04. The summed E-state index contributed by atoms with van der Waals surface area (Å²) >= 11 is 0. The monoisotopic (exact) mass is 247 g/mol. The van der Waals surface area contributed by atoms with Crippen molar-refractivity contribution < 1.29 is 9.32 Å². The average molecular weight is 247 g/mol. The second-order valence-corrected chi connectivity index (χ2v) is 5.09. The van der Waals surface area contributed by atoms with Gasteiger partial charge in [-0.25, -0.2) is 0 Å². The first-order valence-corrected chi connectivity index (χ1v) is 6.50. The first-order valence-electron chi connectivity index (χ1n) is 6.50. The van der Waals surface area contributed by atoms with E-state index in [4.69, 9.17) is 4.52 Å². The molecule has 1 aliphatic carbocycles. The molecule has 0 radical (unpaired) electrons. The summed E-state index contributed by atoms with van der Waals surface area (Å²) in [5, 5.41) is 4.00. The molecule has 1 aromatic rings. The van der Waals surface area contributed by atoms with Crippen LogP contribution in [0.25, 0.3) is 0 Å². The Hall–Kier alpha value is -1.65. The summed E-state index contributed by atoms with van der Waals surface area (Å²) < 4.78 is 5.26. The van der Waals surface area contributed by atoms with Gasteiger partial charge in [0, 0.05) is 25.4 Å². The first-order chi connectivity index (χ1) is 8.78. The van der Waals surface area contributed by atoms with E-state index in [-0.39, 0.29) is 11.8 Å². The van der Waals surface area contributed by atoms with Gasteiger partial charge in [0.25, 0.3) is 0 Å². The van der Waals surface area contributed by atoms with Crippen LogP contribution in [0.3, 0.4) is 0 Å². The molecule has 0 unspecified atom stereocenters. The Bertz CT molecular complexity index is 459. The highest BCUT2D eigenvalue weighted by atomic mass is 16.5. The highest BCUT2D eigenvalue weighted by Crippen LogP contribution is 2.39. The van der Waals surface area contributed by atoms with Gasteiger partial charge in [-0.1, -0.05) is 11.2 Å². The highest BCUT2D eigenvalue weighted by molar-refractivity contribution is 5.77. The van der Waals surface area contributed by atoms with Gasteiger partial charge in [0.15, 0.2) is 5.82 Å². The van der Waals surface area contributed by atoms with Crippen molar-refractivity contribution in [3.8, 4) is 0 Å². The van der Waals surface area contributed by atoms with Crippen molar-refractivity contribution in [3.05, 3.63) is 24.4 Å². The normalized spacial score (nSPS) is 19.7. The SMILES string of the molecule is C=CCCC(=O)N1CC(c2nc(C3CC3)no2)C1. The maximum absolute atomic E-state index is 11.7. The largest absolute Gasteiger partial charge is 0.341 e. The maximum atomic E-state index is 11.7. The van der Waals surface area contributed by atoms with Crippen LogP contribution in [-0.4, -0.2) is 34.0 Å². The van der Waals surface area contributed by atoms with Crippen molar-refractivity contribution in [2.24, 2.45) is 0 Å². The van der Waals surface area contributed by atoms with E-state index in [1.165, 1.54) is 12.8 Å². The lowest BCUT2D eigenvalue weighted by Gasteiger charge is -2.37. The molecule has 5 nitrogen and oxygen atoms in total. The van der Waals surface area contributed by atoms with Gasteiger partial charge in [0.2, 0.25) is 11.8 Å². The molecule has 3 rings (SSSR count). The first kappa shape index (κ1) is 11.4. The number of likely N-dealkylation sites (tertiary alicyclic amines) is 1. The summed E-state index contributed by atoms with van der Waals surface area (Å²) in [6, 6.07) is 0. The lowest BCUT2D eigenvalue weighted by Crippen LogP contribution is -2.48. The lowest BCUT2D eigenvalue weighted by molar-refractivity contribution is -0.135. The molecule has 2 fully saturated rings. The molecule has 0 aromatic carbocycles. The molecule has 1 saturated heterocycles. The molecule has 5 heteroatoms. The average Bonchev–Trinajstić information content (AvgIpc) is 3.05. The van der Waals surface area contributed by atoms with Crippen LogP contribution in [0.2, 0.25) is 0 Å². The number of allylic oxidation sites excluding steroid dienone is 1. The fourth-order valence-corrected chi connectivity index (χ4v) is 2.14. The summed E-state index contributed by atoms with van der Waals surface area (Å²) in [7, 11) is 0. The molecule has 1 saturated carbocycles. The van der Waals surface area contributed by atoms with E-state index in [9.17, 15) is 4.79 Å². The molecule has 18 heavy (non-hydrogen) atoms. The number of hydrogen-bond acceptors (Lipinski definition) is 4. The van der Waals surface area contributed by atoms with Gasteiger partial charge in [0.05, 0.1) is 5.92 Å².